The predicted octanol–water partition coefficient (Wildman–Crippen LogP) is 3.72. The van der Waals surface area contributed by atoms with Crippen molar-refractivity contribution in [2.24, 2.45) is 0 Å². The maximum atomic E-state index is 13.5. The van der Waals surface area contributed by atoms with Gasteiger partial charge in [-0.05, 0) is 34.5 Å². The van der Waals surface area contributed by atoms with E-state index in [4.69, 9.17) is 4.74 Å². The van der Waals surface area contributed by atoms with Crippen molar-refractivity contribution in [1.29, 1.82) is 0 Å². The molecule has 1 N–H and O–H groups in total. The molecular weight excluding hydrogens is 305 g/mol. The Morgan fingerprint density at radius 1 is 0.958 bits per heavy atom. The van der Waals surface area contributed by atoms with Crippen LogP contribution in [0.2, 0.25) is 0 Å². The first-order valence-corrected chi connectivity index (χ1v) is 7.84. The van der Waals surface area contributed by atoms with Crippen molar-refractivity contribution in [3.05, 3.63) is 78.1 Å². The number of fused-ring (bicyclic) bond motifs is 1. The van der Waals surface area contributed by atoms with Crippen molar-refractivity contribution in [3.63, 3.8) is 0 Å². The lowest BCUT2D eigenvalue weighted by Gasteiger charge is -2.09. The van der Waals surface area contributed by atoms with Crippen LogP contribution in [0, 0.1) is 5.82 Å². The van der Waals surface area contributed by atoms with E-state index in [0.29, 0.717) is 18.7 Å². The molecular formula is C20H18FNO2. The van der Waals surface area contributed by atoms with Gasteiger partial charge in [-0.25, -0.2) is 4.39 Å². The van der Waals surface area contributed by atoms with Crippen molar-refractivity contribution < 1.29 is 13.9 Å². The predicted molar refractivity (Wildman–Crippen MR) is 92.6 cm³/mol. The van der Waals surface area contributed by atoms with E-state index in [-0.39, 0.29) is 18.1 Å². The molecule has 0 heterocycles. The molecule has 0 saturated heterocycles. The van der Waals surface area contributed by atoms with Crippen molar-refractivity contribution in [2.75, 3.05) is 13.2 Å². The molecule has 1 amide bonds. The molecule has 0 aliphatic heterocycles. The number of hydrogen-bond acceptors (Lipinski definition) is 2. The molecule has 4 heteroatoms. The average Bonchev–Trinajstić information content (AvgIpc) is 2.60. The third-order valence-corrected chi connectivity index (χ3v) is 3.72. The molecule has 0 radical (unpaired) electrons. The molecule has 0 fully saturated rings. The second-order valence-corrected chi connectivity index (χ2v) is 5.48. The Labute approximate surface area is 140 Å². The summed E-state index contributed by atoms with van der Waals surface area (Å²) in [4.78, 5) is 11.8. The fourth-order valence-electron chi connectivity index (χ4n) is 2.49. The molecule has 3 rings (SSSR count). The van der Waals surface area contributed by atoms with Crippen molar-refractivity contribution in [3.8, 4) is 5.75 Å². The Hall–Kier alpha value is -2.88. The van der Waals surface area contributed by atoms with Crippen LogP contribution in [0.4, 0.5) is 4.39 Å². The topological polar surface area (TPSA) is 38.3 Å². The number of amides is 1. The van der Waals surface area contributed by atoms with E-state index in [1.807, 2.05) is 42.5 Å². The maximum Gasteiger partial charge on any atom is 0.224 e. The quantitative estimate of drug-likeness (QED) is 0.702. The minimum atomic E-state index is -0.361. The molecule has 0 atom stereocenters. The van der Waals surface area contributed by atoms with Gasteiger partial charge in [0.25, 0.3) is 0 Å². The molecule has 0 saturated carbocycles. The lowest BCUT2D eigenvalue weighted by Crippen LogP contribution is -2.29. The lowest BCUT2D eigenvalue weighted by molar-refractivity contribution is -0.120. The number of carbonyl (C=O) groups is 1. The van der Waals surface area contributed by atoms with Gasteiger partial charge in [0, 0.05) is 0 Å². The Morgan fingerprint density at radius 3 is 2.54 bits per heavy atom. The molecule has 3 aromatic rings. The highest BCUT2D eigenvalue weighted by Crippen LogP contribution is 2.20. The van der Waals surface area contributed by atoms with Crippen LogP contribution in [0.15, 0.2) is 66.7 Å². The molecule has 0 unspecified atom stereocenters. The summed E-state index contributed by atoms with van der Waals surface area (Å²) in [5, 5.41) is 5.00. The summed E-state index contributed by atoms with van der Waals surface area (Å²) >= 11 is 0. The van der Waals surface area contributed by atoms with Crippen molar-refractivity contribution in [1.82, 2.24) is 5.32 Å². The van der Waals surface area contributed by atoms with Gasteiger partial charge >= 0.3 is 0 Å². The number of ether oxygens (including phenoxy) is 1. The number of benzene rings is 3. The zero-order chi connectivity index (χ0) is 16.8. The smallest absolute Gasteiger partial charge is 0.224 e. The van der Waals surface area contributed by atoms with Crippen LogP contribution < -0.4 is 10.1 Å². The first-order valence-electron chi connectivity index (χ1n) is 7.84. The minimum Gasteiger partial charge on any atom is -0.492 e. The van der Waals surface area contributed by atoms with Crippen molar-refractivity contribution >= 4 is 16.7 Å². The average molecular weight is 323 g/mol. The van der Waals surface area contributed by atoms with Crippen LogP contribution in [0.5, 0.6) is 5.75 Å². The summed E-state index contributed by atoms with van der Waals surface area (Å²) in [6, 6.07) is 20.2. The first-order chi connectivity index (χ1) is 11.7. The highest BCUT2D eigenvalue weighted by Gasteiger charge is 2.07. The van der Waals surface area contributed by atoms with Crippen LogP contribution in [0.1, 0.15) is 5.56 Å². The van der Waals surface area contributed by atoms with Gasteiger partial charge in [-0.1, -0.05) is 48.5 Å². The summed E-state index contributed by atoms with van der Waals surface area (Å²) in [5.74, 6) is 0.180. The fraction of sp³-hybridized carbons (Fsp3) is 0.150. The number of rotatable bonds is 6. The van der Waals surface area contributed by atoms with E-state index >= 15 is 0 Å². The SMILES string of the molecule is O=C(Cc1ccccc1F)NCCOc1ccc2ccccc2c1. The van der Waals surface area contributed by atoms with Gasteiger partial charge < -0.3 is 10.1 Å². The maximum absolute atomic E-state index is 13.5. The van der Waals surface area contributed by atoms with Gasteiger partial charge in [-0.15, -0.1) is 0 Å². The highest BCUT2D eigenvalue weighted by atomic mass is 19.1. The zero-order valence-corrected chi connectivity index (χ0v) is 13.2. The molecule has 0 bridgehead atoms. The molecule has 0 aliphatic carbocycles. The van der Waals surface area contributed by atoms with Gasteiger partial charge in [0.15, 0.2) is 0 Å². The summed E-state index contributed by atoms with van der Waals surface area (Å²) in [5.41, 5.74) is 0.394. The summed E-state index contributed by atoms with van der Waals surface area (Å²) in [6.07, 6.45) is 0.0304. The second kappa shape index (κ2) is 7.59. The highest BCUT2D eigenvalue weighted by molar-refractivity contribution is 5.83. The molecule has 0 aromatic heterocycles. The van der Waals surface area contributed by atoms with Gasteiger partial charge in [-0.2, -0.15) is 0 Å². The van der Waals surface area contributed by atoms with E-state index in [2.05, 4.69) is 5.32 Å². The fourth-order valence-corrected chi connectivity index (χ4v) is 2.49. The standard InChI is InChI=1S/C20H18FNO2/c21-19-8-4-3-7-17(19)14-20(23)22-11-12-24-18-10-9-15-5-1-2-6-16(15)13-18/h1-10,13H,11-12,14H2,(H,22,23). The molecule has 24 heavy (non-hydrogen) atoms. The monoisotopic (exact) mass is 323 g/mol. The van der Waals surface area contributed by atoms with E-state index in [0.717, 1.165) is 16.5 Å². The van der Waals surface area contributed by atoms with E-state index < -0.39 is 0 Å². The van der Waals surface area contributed by atoms with Crippen LogP contribution in [-0.4, -0.2) is 19.1 Å². The van der Waals surface area contributed by atoms with E-state index in [9.17, 15) is 9.18 Å². The van der Waals surface area contributed by atoms with Gasteiger partial charge in [0.05, 0.1) is 13.0 Å². The number of hydrogen-bond donors (Lipinski definition) is 1. The third-order valence-electron chi connectivity index (χ3n) is 3.72. The third kappa shape index (κ3) is 4.10. The van der Waals surface area contributed by atoms with Crippen LogP contribution >= 0.6 is 0 Å². The number of halogens is 1. The molecule has 0 aliphatic rings. The molecule has 3 nitrogen and oxygen atoms in total. The number of carbonyl (C=O) groups excluding carboxylic acids is 1. The van der Waals surface area contributed by atoms with Gasteiger partial charge in [0.2, 0.25) is 5.91 Å². The largest absolute Gasteiger partial charge is 0.492 e. The second-order valence-electron chi connectivity index (χ2n) is 5.48. The van der Waals surface area contributed by atoms with Crippen LogP contribution in [0.3, 0.4) is 0 Å². The summed E-state index contributed by atoms with van der Waals surface area (Å²) in [6.45, 7) is 0.738. The van der Waals surface area contributed by atoms with Gasteiger partial charge in [-0.3, -0.25) is 4.79 Å². The summed E-state index contributed by atoms with van der Waals surface area (Å²) in [7, 11) is 0. The first kappa shape index (κ1) is 16.0. The van der Waals surface area contributed by atoms with E-state index in [1.54, 1.807) is 18.2 Å². The van der Waals surface area contributed by atoms with Crippen molar-refractivity contribution in [2.45, 2.75) is 6.42 Å². The number of nitrogens with one attached hydrogen (secondary N) is 1. The normalized spacial score (nSPS) is 10.5. The summed E-state index contributed by atoms with van der Waals surface area (Å²) < 4.78 is 19.1. The molecule has 3 aromatic carbocycles. The Bertz CT molecular complexity index is 848. The van der Waals surface area contributed by atoms with Crippen LogP contribution in [0.25, 0.3) is 10.8 Å². The van der Waals surface area contributed by atoms with Crippen LogP contribution in [-0.2, 0) is 11.2 Å². The minimum absolute atomic E-state index is 0.0304. The Balaban J connectivity index is 1.46. The Kier molecular flexibility index (Phi) is 5.06. The lowest BCUT2D eigenvalue weighted by atomic mass is 10.1. The van der Waals surface area contributed by atoms with E-state index in [1.165, 1.54) is 6.07 Å². The van der Waals surface area contributed by atoms with Gasteiger partial charge in [0.1, 0.15) is 18.2 Å². The zero-order valence-electron chi connectivity index (χ0n) is 13.2. The molecule has 122 valence electrons. The molecule has 0 spiro atoms. The Morgan fingerprint density at radius 2 is 1.71 bits per heavy atom.